The van der Waals surface area contributed by atoms with Crippen LogP contribution in [0.15, 0.2) is 36.5 Å². The molecule has 0 saturated heterocycles. The van der Waals surface area contributed by atoms with Crippen LogP contribution in [-0.2, 0) is 0 Å². The molecule has 0 aliphatic rings. The van der Waals surface area contributed by atoms with Gasteiger partial charge in [0, 0.05) is 18.0 Å². The first-order chi connectivity index (χ1) is 9.71. The summed E-state index contributed by atoms with van der Waals surface area (Å²) in [5.41, 5.74) is 3.31. The molecule has 0 radical (unpaired) electrons. The number of hydrogen-bond acceptors (Lipinski definition) is 6. The van der Waals surface area contributed by atoms with E-state index in [4.69, 9.17) is 10.6 Å². The highest BCUT2D eigenvalue weighted by molar-refractivity contribution is 5.58. The van der Waals surface area contributed by atoms with Gasteiger partial charge in [-0.2, -0.15) is 4.98 Å². The minimum Gasteiger partial charge on any atom is -0.491 e. The lowest BCUT2D eigenvalue weighted by Gasteiger charge is -2.14. The molecule has 2 rings (SSSR count). The Morgan fingerprint density at radius 3 is 2.95 bits per heavy atom. The highest BCUT2D eigenvalue weighted by Crippen LogP contribution is 2.22. The highest BCUT2D eigenvalue weighted by atomic mass is 16.5. The summed E-state index contributed by atoms with van der Waals surface area (Å²) in [6, 6.07) is 9.52. The van der Waals surface area contributed by atoms with Crippen molar-refractivity contribution in [2.75, 3.05) is 10.7 Å². The Labute approximate surface area is 118 Å². The molecule has 6 heteroatoms. The lowest BCUT2D eigenvalue weighted by atomic mass is 10.2. The predicted octanol–water partition coefficient (Wildman–Crippen LogP) is 2.68. The third-order valence-electron chi connectivity index (χ3n) is 2.80. The Kier molecular flexibility index (Phi) is 4.73. The number of nitrogens with one attached hydrogen (secondary N) is 2. The molecule has 1 unspecified atom stereocenters. The molecule has 0 aliphatic heterocycles. The number of nitrogens with two attached hydrogens (primary N) is 1. The Balaban J connectivity index is 2.10. The molecular formula is C14H19N5O. The second-order valence-corrected chi connectivity index (χ2v) is 4.40. The molecule has 0 bridgehead atoms. The number of rotatable bonds is 6. The molecule has 1 atom stereocenters. The number of ether oxygens (including phenoxy) is 1. The molecule has 0 amide bonds. The van der Waals surface area contributed by atoms with Gasteiger partial charge in [-0.1, -0.05) is 13.0 Å². The van der Waals surface area contributed by atoms with Gasteiger partial charge in [0.05, 0.1) is 6.10 Å². The van der Waals surface area contributed by atoms with E-state index in [1.807, 2.05) is 31.2 Å². The smallest absolute Gasteiger partial charge is 0.239 e. The van der Waals surface area contributed by atoms with E-state index in [1.165, 1.54) is 0 Å². The maximum absolute atomic E-state index is 5.78. The van der Waals surface area contributed by atoms with Crippen LogP contribution in [0, 0.1) is 0 Å². The topological polar surface area (TPSA) is 85.1 Å². The number of benzene rings is 1. The van der Waals surface area contributed by atoms with Crippen LogP contribution in [0.3, 0.4) is 0 Å². The van der Waals surface area contributed by atoms with Crippen molar-refractivity contribution < 1.29 is 4.74 Å². The average molecular weight is 273 g/mol. The van der Waals surface area contributed by atoms with E-state index in [0.717, 1.165) is 17.9 Å². The summed E-state index contributed by atoms with van der Waals surface area (Å²) in [5, 5.41) is 3.18. The van der Waals surface area contributed by atoms with E-state index in [-0.39, 0.29) is 6.10 Å². The molecule has 2 aromatic rings. The fourth-order valence-corrected chi connectivity index (χ4v) is 1.61. The second-order valence-electron chi connectivity index (χ2n) is 4.40. The van der Waals surface area contributed by atoms with Gasteiger partial charge >= 0.3 is 0 Å². The summed E-state index contributed by atoms with van der Waals surface area (Å²) in [6.07, 6.45) is 2.79. The van der Waals surface area contributed by atoms with E-state index >= 15 is 0 Å². The maximum Gasteiger partial charge on any atom is 0.239 e. The summed E-state index contributed by atoms with van der Waals surface area (Å²) in [5.74, 6) is 7.14. The van der Waals surface area contributed by atoms with Crippen molar-refractivity contribution in [2.24, 2.45) is 5.84 Å². The standard InChI is InChI=1S/C14H19N5O/c1-3-10(2)20-12-6-4-5-11(9-12)17-13-7-8-16-14(18-13)19-15/h4-10H,3,15H2,1-2H3,(H2,16,17,18,19). The second kappa shape index (κ2) is 6.72. The van der Waals surface area contributed by atoms with Crippen LogP contribution in [0.1, 0.15) is 20.3 Å². The Morgan fingerprint density at radius 2 is 2.20 bits per heavy atom. The molecule has 4 N–H and O–H groups in total. The van der Waals surface area contributed by atoms with E-state index in [9.17, 15) is 0 Å². The molecule has 0 spiro atoms. The number of hydrazine groups is 1. The van der Waals surface area contributed by atoms with Crippen LogP contribution >= 0.6 is 0 Å². The first-order valence-electron chi connectivity index (χ1n) is 6.54. The van der Waals surface area contributed by atoms with Gasteiger partial charge in [-0.05, 0) is 31.5 Å². The average Bonchev–Trinajstić information content (AvgIpc) is 2.47. The first-order valence-corrected chi connectivity index (χ1v) is 6.54. The fourth-order valence-electron chi connectivity index (χ4n) is 1.61. The SMILES string of the molecule is CCC(C)Oc1cccc(Nc2ccnc(NN)n2)c1. The molecule has 1 aromatic carbocycles. The van der Waals surface area contributed by atoms with Gasteiger partial charge in [0.25, 0.3) is 0 Å². The van der Waals surface area contributed by atoms with Gasteiger partial charge in [-0.15, -0.1) is 0 Å². The van der Waals surface area contributed by atoms with E-state index in [2.05, 4.69) is 27.6 Å². The molecule has 106 valence electrons. The van der Waals surface area contributed by atoms with Crippen LogP contribution in [0.4, 0.5) is 17.5 Å². The minimum atomic E-state index is 0.192. The lowest BCUT2D eigenvalue weighted by Crippen LogP contribution is -2.11. The molecule has 1 heterocycles. The summed E-state index contributed by atoms with van der Waals surface area (Å²) in [7, 11) is 0. The van der Waals surface area contributed by atoms with Gasteiger partial charge in [0.15, 0.2) is 0 Å². The predicted molar refractivity (Wildman–Crippen MR) is 79.9 cm³/mol. The van der Waals surface area contributed by atoms with E-state index in [0.29, 0.717) is 11.8 Å². The van der Waals surface area contributed by atoms with Crippen LogP contribution in [0.5, 0.6) is 5.75 Å². The number of nitrogens with zero attached hydrogens (tertiary/aromatic N) is 2. The van der Waals surface area contributed by atoms with Crippen LogP contribution < -0.4 is 21.3 Å². The maximum atomic E-state index is 5.78. The number of hydrogen-bond donors (Lipinski definition) is 3. The summed E-state index contributed by atoms with van der Waals surface area (Å²) >= 11 is 0. The van der Waals surface area contributed by atoms with Gasteiger partial charge in [0.2, 0.25) is 5.95 Å². The van der Waals surface area contributed by atoms with Crippen molar-refractivity contribution in [3.8, 4) is 5.75 Å². The van der Waals surface area contributed by atoms with E-state index < -0.39 is 0 Å². The van der Waals surface area contributed by atoms with Gasteiger partial charge in [-0.3, -0.25) is 5.43 Å². The molecule has 20 heavy (non-hydrogen) atoms. The van der Waals surface area contributed by atoms with E-state index in [1.54, 1.807) is 12.3 Å². The molecular weight excluding hydrogens is 254 g/mol. The van der Waals surface area contributed by atoms with Gasteiger partial charge < -0.3 is 10.1 Å². The zero-order valence-electron chi connectivity index (χ0n) is 11.6. The van der Waals surface area contributed by atoms with Crippen molar-refractivity contribution >= 4 is 17.5 Å². The van der Waals surface area contributed by atoms with Gasteiger partial charge in [-0.25, -0.2) is 10.8 Å². The third kappa shape index (κ3) is 3.83. The number of aromatic nitrogens is 2. The quantitative estimate of drug-likeness (QED) is 0.554. The zero-order chi connectivity index (χ0) is 14.4. The molecule has 6 nitrogen and oxygen atoms in total. The van der Waals surface area contributed by atoms with Crippen molar-refractivity contribution in [2.45, 2.75) is 26.4 Å². The van der Waals surface area contributed by atoms with Crippen LogP contribution in [-0.4, -0.2) is 16.1 Å². The van der Waals surface area contributed by atoms with Crippen molar-refractivity contribution in [3.63, 3.8) is 0 Å². The molecule has 0 fully saturated rings. The third-order valence-corrected chi connectivity index (χ3v) is 2.80. The minimum absolute atomic E-state index is 0.192. The summed E-state index contributed by atoms with van der Waals surface area (Å²) < 4.78 is 5.78. The fraction of sp³-hybridized carbons (Fsp3) is 0.286. The highest BCUT2D eigenvalue weighted by Gasteiger charge is 2.03. The lowest BCUT2D eigenvalue weighted by molar-refractivity contribution is 0.217. The van der Waals surface area contributed by atoms with Gasteiger partial charge in [0.1, 0.15) is 11.6 Å². The van der Waals surface area contributed by atoms with Crippen molar-refractivity contribution in [1.82, 2.24) is 9.97 Å². The molecule has 1 aromatic heterocycles. The number of anilines is 3. The Hall–Kier alpha value is -2.34. The first kappa shape index (κ1) is 14.1. The summed E-state index contributed by atoms with van der Waals surface area (Å²) in [4.78, 5) is 8.15. The zero-order valence-corrected chi connectivity index (χ0v) is 11.6. The summed E-state index contributed by atoms with van der Waals surface area (Å²) in [6.45, 7) is 4.14. The Morgan fingerprint density at radius 1 is 1.35 bits per heavy atom. The molecule has 0 saturated carbocycles. The van der Waals surface area contributed by atoms with Crippen molar-refractivity contribution in [3.05, 3.63) is 36.5 Å². The van der Waals surface area contributed by atoms with Crippen LogP contribution in [0.25, 0.3) is 0 Å². The Bertz CT molecular complexity index is 561. The van der Waals surface area contributed by atoms with Crippen LogP contribution in [0.2, 0.25) is 0 Å². The van der Waals surface area contributed by atoms with Crippen molar-refractivity contribution in [1.29, 1.82) is 0 Å². The largest absolute Gasteiger partial charge is 0.491 e. The molecule has 0 aliphatic carbocycles. The monoisotopic (exact) mass is 273 g/mol. The number of nitrogen functional groups attached to an aromatic ring is 1. The normalized spacial score (nSPS) is 11.8.